The molecule has 1 aliphatic rings. The van der Waals surface area contributed by atoms with Gasteiger partial charge in [0, 0.05) is 6.04 Å². The summed E-state index contributed by atoms with van der Waals surface area (Å²) in [6.45, 7) is 0.663. The summed E-state index contributed by atoms with van der Waals surface area (Å²) >= 11 is 0. The zero-order valence-corrected chi connectivity index (χ0v) is 12.5. The number of nitrogens with zero attached hydrogens (tertiary/aromatic N) is 2. The van der Waals surface area contributed by atoms with E-state index in [0.29, 0.717) is 4.31 Å². The first-order chi connectivity index (χ1) is 9.14. The van der Waals surface area contributed by atoms with Crippen LogP contribution in [0.1, 0.15) is 19.8 Å². The Hall–Kier alpha value is -1.18. The van der Waals surface area contributed by atoms with Crippen molar-refractivity contribution < 1.29 is 26.7 Å². The van der Waals surface area contributed by atoms with Crippen LogP contribution in [-0.4, -0.2) is 61.6 Å². The molecule has 1 saturated heterocycles. The molecule has 1 N–H and O–H groups in total. The predicted octanol–water partition coefficient (Wildman–Crippen LogP) is -0.808. The molecule has 2 unspecified atom stereocenters. The molecular weight excluding hydrogens is 308 g/mol. The average molecular weight is 324 g/mol. The SMILES string of the molecule is CCC(C#N)S(=O)(=O)N(CC(=O)O)C1CCS(=O)(=O)C1. The molecule has 0 amide bonds. The smallest absolute Gasteiger partial charge is 0.318 e. The van der Waals surface area contributed by atoms with Gasteiger partial charge >= 0.3 is 5.97 Å². The minimum absolute atomic E-state index is 0.00836. The van der Waals surface area contributed by atoms with E-state index in [0.717, 1.165) is 0 Å². The highest BCUT2D eigenvalue weighted by Crippen LogP contribution is 2.23. The van der Waals surface area contributed by atoms with Gasteiger partial charge in [-0.25, -0.2) is 16.8 Å². The minimum atomic E-state index is -4.17. The van der Waals surface area contributed by atoms with Crippen LogP contribution in [-0.2, 0) is 24.7 Å². The molecule has 1 aliphatic heterocycles. The van der Waals surface area contributed by atoms with Gasteiger partial charge in [-0.15, -0.1) is 0 Å². The highest BCUT2D eigenvalue weighted by molar-refractivity contribution is 7.92. The molecule has 1 rings (SSSR count). The first kappa shape index (κ1) is 16.9. The first-order valence-electron chi connectivity index (χ1n) is 5.96. The summed E-state index contributed by atoms with van der Waals surface area (Å²) in [6, 6.07) is 0.704. The standard InChI is InChI=1S/C10H16N2O6S2/c1-2-9(5-11)20(17,18)12(6-10(13)14)8-3-4-19(15,16)7-8/h8-9H,2-4,6-7H2,1H3,(H,13,14). The lowest BCUT2D eigenvalue weighted by Gasteiger charge is -2.27. The van der Waals surface area contributed by atoms with E-state index >= 15 is 0 Å². The maximum atomic E-state index is 12.3. The van der Waals surface area contributed by atoms with Gasteiger partial charge in [0.15, 0.2) is 15.1 Å². The Labute approximate surface area is 118 Å². The number of carbonyl (C=O) groups is 1. The second-order valence-corrected chi connectivity index (χ2v) is 8.86. The number of hydrogen-bond donors (Lipinski definition) is 1. The third kappa shape index (κ3) is 3.68. The summed E-state index contributed by atoms with van der Waals surface area (Å²) in [4.78, 5) is 10.8. The fourth-order valence-corrected chi connectivity index (χ4v) is 5.69. The van der Waals surface area contributed by atoms with Crippen molar-refractivity contribution in [1.82, 2.24) is 4.31 Å². The van der Waals surface area contributed by atoms with Gasteiger partial charge in [0.2, 0.25) is 10.0 Å². The molecule has 20 heavy (non-hydrogen) atoms. The van der Waals surface area contributed by atoms with Crippen LogP contribution >= 0.6 is 0 Å². The Bertz CT molecular complexity index is 619. The van der Waals surface area contributed by atoms with E-state index in [4.69, 9.17) is 10.4 Å². The van der Waals surface area contributed by atoms with Crippen molar-refractivity contribution in [2.24, 2.45) is 0 Å². The normalized spacial score (nSPS) is 23.4. The molecule has 8 nitrogen and oxygen atoms in total. The molecular formula is C10H16N2O6S2. The van der Waals surface area contributed by atoms with Crippen LogP contribution in [0.25, 0.3) is 0 Å². The van der Waals surface area contributed by atoms with Crippen LogP contribution in [0.5, 0.6) is 0 Å². The van der Waals surface area contributed by atoms with Crippen LogP contribution in [0.3, 0.4) is 0 Å². The third-order valence-electron chi connectivity index (χ3n) is 3.11. The zero-order valence-electron chi connectivity index (χ0n) is 10.9. The van der Waals surface area contributed by atoms with Crippen molar-refractivity contribution in [3.05, 3.63) is 0 Å². The summed E-state index contributed by atoms with van der Waals surface area (Å²) in [5.74, 6) is -1.96. The van der Waals surface area contributed by atoms with E-state index in [-0.39, 0.29) is 18.6 Å². The highest BCUT2D eigenvalue weighted by atomic mass is 32.2. The highest BCUT2D eigenvalue weighted by Gasteiger charge is 2.42. The number of sulfonamides is 1. The van der Waals surface area contributed by atoms with E-state index < -0.39 is 49.4 Å². The second-order valence-electron chi connectivity index (χ2n) is 4.57. The lowest BCUT2D eigenvalue weighted by Crippen LogP contribution is -2.47. The average Bonchev–Trinajstić information content (AvgIpc) is 2.67. The largest absolute Gasteiger partial charge is 0.480 e. The Kier molecular flexibility index (Phi) is 5.12. The zero-order chi connectivity index (χ0) is 15.6. The van der Waals surface area contributed by atoms with Gasteiger partial charge in [0.05, 0.1) is 17.6 Å². The molecule has 0 radical (unpaired) electrons. The maximum absolute atomic E-state index is 12.3. The number of nitriles is 1. The number of aliphatic carboxylic acids is 1. The Balaban J connectivity index is 3.14. The molecule has 0 saturated carbocycles. The van der Waals surface area contributed by atoms with Crippen molar-refractivity contribution in [1.29, 1.82) is 5.26 Å². The Morgan fingerprint density at radius 1 is 1.55 bits per heavy atom. The number of carboxylic acids is 1. The maximum Gasteiger partial charge on any atom is 0.318 e. The molecule has 0 bridgehead atoms. The van der Waals surface area contributed by atoms with Crippen molar-refractivity contribution in [2.45, 2.75) is 31.1 Å². The number of rotatable bonds is 6. The summed E-state index contributed by atoms with van der Waals surface area (Å²) in [6.07, 6.45) is 0.0606. The van der Waals surface area contributed by atoms with Crippen LogP contribution in [0, 0.1) is 11.3 Å². The first-order valence-corrected chi connectivity index (χ1v) is 9.29. The lowest BCUT2D eigenvalue weighted by molar-refractivity contribution is -0.137. The number of carboxylic acid groups (broad SMARTS) is 1. The monoisotopic (exact) mass is 324 g/mol. The van der Waals surface area contributed by atoms with Crippen LogP contribution < -0.4 is 0 Å². The molecule has 0 aromatic rings. The topological polar surface area (TPSA) is 133 Å². The summed E-state index contributed by atoms with van der Waals surface area (Å²) in [5, 5.41) is 16.3. The van der Waals surface area contributed by atoms with E-state index in [1.54, 1.807) is 6.07 Å². The predicted molar refractivity (Wildman–Crippen MR) is 70.0 cm³/mol. The van der Waals surface area contributed by atoms with Crippen molar-refractivity contribution in [3.8, 4) is 6.07 Å². The Morgan fingerprint density at radius 2 is 2.15 bits per heavy atom. The molecule has 114 valence electrons. The lowest BCUT2D eigenvalue weighted by atomic mass is 10.2. The van der Waals surface area contributed by atoms with Gasteiger partial charge in [-0.2, -0.15) is 9.57 Å². The molecule has 0 aromatic heterocycles. The van der Waals surface area contributed by atoms with Gasteiger partial charge in [0.25, 0.3) is 0 Å². The fourth-order valence-electron chi connectivity index (χ4n) is 2.09. The summed E-state index contributed by atoms with van der Waals surface area (Å²) in [7, 11) is -7.52. The fraction of sp³-hybridized carbons (Fsp3) is 0.800. The van der Waals surface area contributed by atoms with Crippen LogP contribution in [0.2, 0.25) is 0 Å². The summed E-state index contributed by atoms with van der Waals surface area (Å²) < 4.78 is 48.1. The Morgan fingerprint density at radius 3 is 2.50 bits per heavy atom. The molecule has 1 fully saturated rings. The van der Waals surface area contributed by atoms with Gasteiger partial charge in [-0.1, -0.05) is 6.92 Å². The number of sulfone groups is 1. The van der Waals surface area contributed by atoms with Crippen molar-refractivity contribution >= 4 is 25.8 Å². The second kappa shape index (κ2) is 6.07. The molecule has 10 heteroatoms. The molecule has 0 spiro atoms. The van der Waals surface area contributed by atoms with Gasteiger partial charge in [0.1, 0.15) is 6.54 Å². The van der Waals surface area contributed by atoms with E-state index in [1.165, 1.54) is 6.92 Å². The van der Waals surface area contributed by atoms with Crippen molar-refractivity contribution in [2.75, 3.05) is 18.1 Å². The third-order valence-corrected chi connectivity index (χ3v) is 7.10. The molecule has 0 aliphatic carbocycles. The van der Waals surface area contributed by atoms with Gasteiger partial charge < -0.3 is 5.11 Å². The molecule has 2 atom stereocenters. The quantitative estimate of drug-likeness (QED) is 0.675. The number of hydrogen-bond acceptors (Lipinski definition) is 6. The minimum Gasteiger partial charge on any atom is -0.480 e. The van der Waals surface area contributed by atoms with Crippen LogP contribution in [0.15, 0.2) is 0 Å². The van der Waals surface area contributed by atoms with Gasteiger partial charge in [-0.05, 0) is 12.8 Å². The molecule has 0 aromatic carbocycles. The molecule has 1 heterocycles. The van der Waals surface area contributed by atoms with Crippen LogP contribution in [0.4, 0.5) is 0 Å². The van der Waals surface area contributed by atoms with E-state index in [2.05, 4.69) is 0 Å². The summed E-state index contributed by atoms with van der Waals surface area (Å²) in [5.41, 5.74) is 0. The van der Waals surface area contributed by atoms with Gasteiger partial charge in [-0.3, -0.25) is 4.79 Å². The van der Waals surface area contributed by atoms with E-state index in [1.807, 2.05) is 0 Å². The van der Waals surface area contributed by atoms with E-state index in [9.17, 15) is 21.6 Å². The van der Waals surface area contributed by atoms with Crippen molar-refractivity contribution in [3.63, 3.8) is 0 Å².